The summed E-state index contributed by atoms with van der Waals surface area (Å²) in [5, 5.41) is 5.26. The molecule has 0 spiro atoms. The summed E-state index contributed by atoms with van der Waals surface area (Å²) in [5.74, 6) is -0.0379. The lowest BCUT2D eigenvalue weighted by atomic mass is 10.3. The van der Waals surface area contributed by atoms with E-state index in [9.17, 15) is 19.2 Å². The molecule has 0 aliphatic rings. The maximum Gasteiger partial charge on any atom is 0.221 e. The van der Waals surface area contributed by atoms with Gasteiger partial charge >= 0.3 is 0 Å². The molecule has 0 aromatic heterocycles. The molecule has 0 aromatic rings. The summed E-state index contributed by atoms with van der Waals surface area (Å²) >= 11 is 1.40. The molecule has 0 radical (unpaired) electrons. The van der Waals surface area contributed by atoms with E-state index >= 15 is 0 Å². The zero-order valence-electron chi connectivity index (χ0n) is 11.3. The Morgan fingerprint density at radius 1 is 1.20 bits per heavy atom. The Hall–Kier alpha value is -1.41. The average molecular weight is 303 g/mol. The summed E-state index contributed by atoms with van der Waals surface area (Å²) in [5.41, 5.74) is 4.99. The van der Waals surface area contributed by atoms with Gasteiger partial charge in [0.1, 0.15) is 12.6 Å². The van der Waals surface area contributed by atoms with E-state index in [0.29, 0.717) is 31.5 Å². The summed E-state index contributed by atoms with van der Waals surface area (Å²) in [7, 11) is 0. The highest BCUT2D eigenvalue weighted by atomic mass is 32.2. The molecule has 4 N–H and O–H groups in total. The molecule has 20 heavy (non-hydrogen) atoms. The van der Waals surface area contributed by atoms with Crippen LogP contribution in [0, 0.1) is 0 Å². The average Bonchev–Trinajstić information content (AvgIpc) is 2.42. The summed E-state index contributed by atoms with van der Waals surface area (Å²) in [4.78, 5) is 42.6. The lowest BCUT2D eigenvalue weighted by molar-refractivity contribution is -0.122. The summed E-state index contributed by atoms with van der Waals surface area (Å²) in [6.07, 6.45) is 2.65. The van der Waals surface area contributed by atoms with Crippen molar-refractivity contribution in [1.82, 2.24) is 10.6 Å². The third-order valence-corrected chi connectivity index (χ3v) is 3.56. The molecule has 0 rings (SSSR count). The molecule has 0 aliphatic heterocycles. The van der Waals surface area contributed by atoms with Crippen LogP contribution in [0.4, 0.5) is 0 Å². The molecule has 7 nitrogen and oxygen atoms in total. The van der Waals surface area contributed by atoms with E-state index in [-0.39, 0.29) is 36.5 Å². The van der Waals surface area contributed by atoms with Gasteiger partial charge in [-0.2, -0.15) is 11.8 Å². The van der Waals surface area contributed by atoms with Crippen molar-refractivity contribution < 1.29 is 19.2 Å². The molecule has 0 aliphatic carbocycles. The lowest BCUT2D eigenvalue weighted by Crippen LogP contribution is -2.26. The number of amides is 2. The second-order valence-electron chi connectivity index (χ2n) is 4.02. The molecule has 8 heteroatoms. The second kappa shape index (κ2) is 12.6. The van der Waals surface area contributed by atoms with Crippen molar-refractivity contribution in [3.8, 4) is 0 Å². The van der Waals surface area contributed by atoms with Crippen LogP contribution in [0.2, 0.25) is 0 Å². The predicted octanol–water partition coefficient (Wildman–Crippen LogP) is -1.15. The smallest absolute Gasteiger partial charge is 0.221 e. The van der Waals surface area contributed by atoms with Crippen molar-refractivity contribution in [2.24, 2.45) is 5.73 Å². The first-order valence-corrected chi connectivity index (χ1v) is 7.41. The fourth-order valence-corrected chi connectivity index (χ4v) is 2.29. The standard InChI is InChI=1S/C12H21N3O4S/c13-11(18)2-5-14-4-1-10(9-17)20-8-3-12(19)15-6-7-16/h7,9-10,14H,1-6,8H2,(H2,13,18)(H,15,19). The Morgan fingerprint density at radius 2 is 1.95 bits per heavy atom. The molecular weight excluding hydrogens is 282 g/mol. The van der Waals surface area contributed by atoms with Crippen LogP contribution in [0.1, 0.15) is 19.3 Å². The van der Waals surface area contributed by atoms with E-state index in [2.05, 4.69) is 10.6 Å². The van der Waals surface area contributed by atoms with Crippen molar-refractivity contribution >= 4 is 36.1 Å². The van der Waals surface area contributed by atoms with Crippen molar-refractivity contribution in [3.63, 3.8) is 0 Å². The molecule has 1 atom stereocenters. The molecular formula is C12H21N3O4S. The molecule has 1 unspecified atom stereocenters. The number of rotatable bonds is 13. The van der Waals surface area contributed by atoms with E-state index in [0.717, 1.165) is 6.29 Å². The minimum absolute atomic E-state index is 0.0182. The number of nitrogens with two attached hydrogens (primary N) is 1. The van der Waals surface area contributed by atoms with E-state index in [1.54, 1.807) is 0 Å². The van der Waals surface area contributed by atoms with Gasteiger partial charge in [-0.1, -0.05) is 0 Å². The topological polar surface area (TPSA) is 118 Å². The highest BCUT2D eigenvalue weighted by Crippen LogP contribution is 2.13. The third-order valence-electron chi connectivity index (χ3n) is 2.35. The van der Waals surface area contributed by atoms with Crippen LogP contribution in [-0.4, -0.2) is 55.0 Å². The van der Waals surface area contributed by atoms with Gasteiger partial charge in [-0.15, -0.1) is 0 Å². The Bertz CT molecular complexity index is 326. The molecule has 0 heterocycles. The molecule has 0 saturated carbocycles. The normalized spacial score (nSPS) is 11.6. The first-order chi connectivity index (χ1) is 9.60. The third kappa shape index (κ3) is 11.7. The first-order valence-electron chi connectivity index (χ1n) is 6.36. The van der Waals surface area contributed by atoms with Gasteiger partial charge in [0.2, 0.25) is 11.8 Å². The first kappa shape index (κ1) is 18.6. The zero-order valence-corrected chi connectivity index (χ0v) is 12.1. The minimum Gasteiger partial charge on any atom is -0.370 e. The minimum atomic E-state index is -0.361. The van der Waals surface area contributed by atoms with Gasteiger partial charge in [0.25, 0.3) is 0 Å². The Balaban J connectivity index is 3.60. The quantitative estimate of drug-likeness (QED) is 0.292. The predicted molar refractivity (Wildman–Crippen MR) is 77.3 cm³/mol. The van der Waals surface area contributed by atoms with Crippen LogP contribution in [0.15, 0.2) is 0 Å². The van der Waals surface area contributed by atoms with E-state index in [1.165, 1.54) is 11.8 Å². The Kier molecular flexibility index (Phi) is 11.7. The van der Waals surface area contributed by atoms with Gasteiger partial charge in [0.05, 0.1) is 11.8 Å². The van der Waals surface area contributed by atoms with Crippen molar-refractivity contribution in [2.45, 2.75) is 24.5 Å². The monoisotopic (exact) mass is 303 g/mol. The number of nitrogens with one attached hydrogen (secondary N) is 2. The van der Waals surface area contributed by atoms with Gasteiger partial charge in [-0.05, 0) is 13.0 Å². The SMILES string of the molecule is NC(=O)CCNCCC(C=O)SCCC(=O)NCC=O. The van der Waals surface area contributed by atoms with Crippen molar-refractivity contribution in [3.05, 3.63) is 0 Å². The number of carbonyl (C=O) groups excluding carboxylic acids is 4. The Morgan fingerprint density at radius 3 is 2.55 bits per heavy atom. The number of primary amides is 1. The number of hydrogen-bond acceptors (Lipinski definition) is 6. The summed E-state index contributed by atoms with van der Waals surface area (Å²) in [6, 6.07) is 0. The number of hydrogen-bond donors (Lipinski definition) is 3. The van der Waals surface area contributed by atoms with Crippen LogP contribution in [0.3, 0.4) is 0 Å². The van der Waals surface area contributed by atoms with Crippen LogP contribution in [-0.2, 0) is 19.2 Å². The van der Waals surface area contributed by atoms with Crippen molar-refractivity contribution in [1.29, 1.82) is 0 Å². The van der Waals surface area contributed by atoms with E-state index in [1.807, 2.05) is 0 Å². The van der Waals surface area contributed by atoms with Gasteiger partial charge in [0.15, 0.2) is 0 Å². The summed E-state index contributed by atoms with van der Waals surface area (Å²) < 4.78 is 0. The maximum absolute atomic E-state index is 11.2. The molecule has 114 valence electrons. The summed E-state index contributed by atoms with van der Waals surface area (Å²) in [6.45, 7) is 1.13. The van der Waals surface area contributed by atoms with Crippen LogP contribution >= 0.6 is 11.8 Å². The second-order valence-corrected chi connectivity index (χ2v) is 5.37. The van der Waals surface area contributed by atoms with Gasteiger partial charge < -0.3 is 26.0 Å². The van der Waals surface area contributed by atoms with Crippen LogP contribution in [0.25, 0.3) is 0 Å². The molecule has 2 amide bonds. The zero-order chi connectivity index (χ0) is 15.2. The van der Waals surface area contributed by atoms with E-state index in [4.69, 9.17) is 5.73 Å². The molecule has 0 bridgehead atoms. The number of thioether (sulfide) groups is 1. The van der Waals surface area contributed by atoms with Crippen LogP contribution < -0.4 is 16.4 Å². The highest BCUT2D eigenvalue weighted by Gasteiger charge is 2.09. The van der Waals surface area contributed by atoms with E-state index < -0.39 is 0 Å². The van der Waals surface area contributed by atoms with Crippen molar-refractivity contribution in [2.75, 3.05) is 25.4 Å². The molecule has 0 fully saturated rings. The Labute approximate surface area is 122 Å². The highest BCUT2D eigenvalue weighted by molar-refractivity contribution is 8.00. The number of aldehydes is 2. The largest absolute Gasteiger partial charge is 0.370 e. The lowest BCUT2D eigenvalue weighted by Gasteiger charge is -2.10. The van der Waals surface area contributed by atoms with Gasteiger partial charge in [-0.25, -0.2) is 0 Å². The maximum atomic E-state index is 11.2. The molecule has 0 aromatic carbocycles. The van der Waals surface area contributed by atoms with Crippen LogP contribution in [0.5, 0.6) is 0 Å². The molecule has 0 saturated heterocycles. The fraction of sp³-hybridized carbons (Fsp3) is 0.667. The van der Waals surface area contributed by atoms with Gasteiger partial charge in [-0.3, -0.25) is 9.59 Å². The van der Waals surface area contributed by atoms with Gasteiger partial charge in [0, 0.05) is 25.1 Å². The fourth-order valence-electron chi connectivity index (χ4n) is 1.32. The number of carbonyl (C=O) groups is 4.